The minimum absolute atomic E-state index is 0.00624. The van der Waals surface area contributed by atoms with E-state index in [0.717, 1.165) is 12.1 Å². The normalized spacial score (nSPS) is 15.3. The van der Waals surface area contributed by atoms with Gasteiger partial charge in [0.05, 0.1) is 27.8 Å². The second-order valence-electron chi connectivity index (χ2n) is 7.30. The number of fused-ring (bicyclic) bond motifs is 1. The van der Waals surface area contributed by atoms with Crippen molar-refractivity contribution in [2.24, 2.45) is 0 Å². The highest BCUT2D eigenvalue weighted by atomic mass is 35.5. The van der Waals surface area contributed by atoms with Gasteiger partial charge in [0.2, 0.25) is 17.8 Å². The third kappa shape index (κ3) is 5.00. The van der Waals surface area contributed by atoms with Crippen molar-refractivity contribution in [3.8, 4) is 0 Å². The number of aromatic nitrogens is 2. The van der Waals surface area contributed by atoms with E-state index in [1.807, 2.05) is 0 Å². The molecule has 0 unspecified atom stereocenters. The fourth-order valence-electron chi connectivity index (χ4n) is 3.38. The number of halogens is 5. The number of carbonyl (C=O) groups is 2. The molecule has 176 valence electrons. The highest BCUT2D eigenvalue weighted by Gasteiger charge is 2.35. The summed E-state index contributed by atoms with van der Waals surface area (Å²) < 4.78 is 38.9. The Morgan fingerprint density at radius 3 is 2.59 bits per heavy atom. The Balaban J connectivity index is 1.63. The van der Waals surface area contributed by atoms with E-state index >= 15 is 0 Å². The van der Waals surface area contributed by atoms with E-state index < -0.39 is 35.0 Å². The Morgan fingerprint density at radius 1 is 1.12 bits per heavy atom. The van der Waals surface area contributed by atoms with E-state index in [4.69, 9.17) is 23.2 Å². The Morgan fingerprint density at radius 2 is 1.88 bits per heavy atom. The van der Waals surface area contributed by atoms with Crippen LogP contribution in [0.1, 0.15) is 23.5 Å². The number of rotatable bonds is 4. The summed E-state index contributed by atoms with van der Waals surface area (Å²) in [6.45, 7) is 0. The molecule has 1 atom stereocenters. The summed E-state index contributed by atoms with van der Waals surface area (Å²) in [6.07, 6.45) is -4.88. The molecule has 0 radical (unpaired) electrons. The SMILES string of the molecule is O=C1C[C@@H](C(=O)Nc2ccc(Cl)cc2Cl)c2c(nc(Nc3cccc(C(F)(F)F)c3)[nH]c2=O)N1. The highest BCUT2D eigenvalue weighted by Crippen LogP contribution is 2.33. The van der Waals surface area contributed by atoms with Crippen LogP contribution in [0.4, 0.5) is 36.3 Å². The molecule has 0 saturated carbocycles. The van der Waals surface area contributed by atoms with E-state index in [1.54, 1.807) is 0 Å². The minimum atomic E-state index is -4.56. The first-order valence-corrected chi connectivity index (χ1v) is 10.4. The first-order valence-electron chi connectivity index (χ1n) is 9.65. The van der Waals surface area contributed by atoms with Gasteiger partial charge in [0.15, 0.2) is 0 Å². The molecule has 0 saturated heterocycles. The van der Waals surface area contributed by atoms with Crippen LogP contribution in [-0.4, -0.2) is 21.8 Å². The number of H-pyrrole nitrogens is 1. The lowest BCUT2D eigenvalue weighted by molar-refractivity contribution is -0.137. The Bertz CT molecular complexity index is 1360. The zero-order valence-corrected chi connectivity index (χ0v) is 18.4. The zero-order chi connectivity index (χ0) is 24.6. The lowest BCUT2D eigenvalue weighted by Crippen LogP contribution is -2.36. The van der Waals surface area contributed by atoms with Gasteiger partial charge in [-0.15, -0.1) is 0 Å². The Kier molecular flexibility index (Phi) is 6.24. The number of alkyl halides is 3. The molecule has 2 aromatic carbocycles. The Labute approximate surface area is 199 Å². The van der Waals surface area contributed by atoms with E-state index in [0.29, 0.717) is 5.02 Å². The molecule has 4 rings (SSSR count). The van der Waals surface area contributed by atoms with Crippen molar-refractivity contribution >= 4 is 58.2 Å². The third-order valence-electron chi connectivity index (χ3n) is 4.91. The molecule has 4 N–H and O–H groups in total. The summed E-state index contributed by atoms with van der Waals surface area (Å²) >= 11 is 11.9. The average Bonchev–Trinajstić information content (AvgIpc) is 2.74. The first kappa shape index (κ1) is 23.6. The van der Waals surface area contributed by atoms with E-state index in [1.165, 1.54) is 30.3 Å². The maximum Gasteiger partial charge on any atom is 0.416 e. The number of benzene rings is 2. The van der Waals surface area contributed by atoms with Crippen LogP contribution in [0.2, 0.25) is 10.0 Å². The smallest absolute Gasteiger partial charge is 0.326 e. The van der Waals surface area contributed by atoms with Crippen molar-refractivity contribution < 1.29 is 22.8 Å². The molecule has 0 aliphatic carbocycles. The van der Waals surface area contributed by atoms with Gasteiger partial charge < -0.3 is 16.0 Å². The molecule has 1 aliphatic heterocycles. The molecule has 1 aliphatic rings. The van der Waals surface area contributed by atoms with Gasteiger partial charge in [0.1, 0.15) is 5.82 Å². The zero-order valence-electron chi connectivity index (χ0n) is 16.9. The summed E-state index contributed by atoms with van der Waals surface area (Å²) in [5.74, 6) is -2.83. The summed E-state index contributed by atoms with van der Waals surface area (Å²) in [4.78, 5) is 44.4. The number of carbonyl (C=O) groups excluding carboxylic acids is 2. The van der Waals surface area contributed by atoms with Crippen LogP contribution in [0, 0.1) is 0 Å². The summed E-state index contributed by atoms with van der Waals surface area (Å²) in [7, 11) is 0. The second-order valence-corrected chi connectivity index (χ2v) is 8.14. The monoisotopic (exact) mass is 511 g/mol. The fourth-order valence-corrected chi connectivity index (χ4v) is 3.83. The van der Waals surface area contributed by atoms with Crippen molar-refractivity contribution in [2.45, 2.75) is 18.5 Å². The van der Waals surface area contributed by atoms with E-state index in [-0.39, 0.29) is 40.1 Å². The van der Waals surface area contributed by atoms with E-state index in [9.17, 15) is 27.6 Å². The number of nitrogens with one attached hydrogen (secondary N) is 4. The summed E-state index contributed by atoms with van der Waals surface area (Å²) in [5.41, 5.74) is -1.51. The molecule has 13 heteroatoms. The van der Waals surface area contributed by atoms with Gasteiger partial charge in [-0.05, 0) is 36.4 Å². The van der Waals surface area contributed by atoms with Gasteiger partial charge in [-0.1, -0.05) is 29.3 Å². The summed E-state index contributed by atoms with van der Waals surface area (Å²) in [6, 6.07) is 8.65. The maximum absolute atomic E-state index is 13.0. The van der Waals surface area contributed by atoms with Gasteiger partial charge >= 0.3 is 6.18 Å². The van der Waals surface area contributed by atoms with Crippen LogP contribution in [0.25, 0.3) is 0 Å². The molecule has 3 aromatic rings. The molecule has 0 fully saturated rings. The van der Waals surface area contributed by atoms with Crippen molar-refractivity contribution in [3.63, 3.8) is 0 Å². The van der Waals surface area contributed by atoms with Gasteiger partial charge in [-0.3, -0.25) is 19.4 Å². The van der Waals surface area contributed by atoms with Crippen LogP contribution in [0.5, 0.6) is 0 Å². The number of anilines is 4. The van der Waals surface area contributed by atoms with Gasteiger partial charge in [-0.25, -0.2) is 0 Å². The second kappa shape index (κ2) is 8.99. The predicted molar refractivity (Wildman–Crippen MR) is 121 cm³/mol. The molecular weight excluding hydrogens is 498 g/mol. The fraction of sp³-hybridized carbons (Fsp3) is 0.143. The predicted octanol–water partition coefficient (Wildman–Crippen LogP) is 4.90. The Hall–Kier alpha value is -3.57. The number of nitrogens with zero attached hydrogens (tertiary/aromatic N) is 1. The molecule has 34 heavy (non-hydrogen) atoms. The lowest BCUT2D eigenvalue weighted by atomic mass is 9.92. The van der Waals surface area contributed by atoms with Crippen LogP contribution < -0.4 is 21.5 Å². The topological polar surface area (TPSA) is 116 Å². The standard InChI is InChI=1S/C21H14Cl2F3N5O3/c22-10-4-5-14(13(23)7-10)28-18(33)12-8-15(32)29-17-16(12)19(34)31-20(30-17)27-11-3-1-2-9(6-11)21(24,25)26/h1-7,12H,8H2,(H,28,33)(H3,27,29,30,31,32,34)/t12-/m1/s1. The number of hydrogen-bond acceptors (Lipinski definition) is 5. The molecule has 8 nitrogen and oxygen atoms in total. The third-order valence-corrected chi connectivity index (χ3v) is 5.46. The molecule has 0 bridgehead atoms. The maximum atomic E-state index is 13.0. The molecule has 2 amide bonds. The van der Waals surface area contributed by atoms with Gasteiger partial charge in [-0.2, -0.15) is 18.2 Å². The van der Waals surface area contributed by atoms with Crippen LogP contribution in [0.15, 0.2) is 47.3 Å². The number of amides is 2. The van der Waals surface area contributed by atoms with Crippen LogP contribution in [0.3, 0.4) is 0 Å². The summed E-state index contributed by atoms with van der Waals surface area (Å²) in [5, 5.41) is 8.06. The largest absolute Gasteiger partial charge is 0.416 e. The lowest BCUT2D eigenvalue weighted by Gasteiger charge is -2.24. The average molecular weight is 512 g/mol. The number of hydrogen-bond donors (Lipinski definition) is 4. The van der Waals surface area contributed by atoms with Gasteiger partial charge in [0.25, 0.3) is 5.56 Å². The van der Waals surface area contributed by atoms with Gasteiger partial charge in [0, 0.05) is 17.1 Å². The van der Waals surface area contributed by atoms with Crippen molar-refractivity contribution in [3.05, 3.63) is 74.0 Å². The molecule has 2 heterocycles. The van der Waals surface area contributed by atoms with E-state index in [2.05, 4.69) is 25.9 Å². The minimum Gasteiger partial charge on any atom is -0.326 e. The highest BCUT2D eigenvalue weighted by molar-refractivity contribution is 6.36. The molecule has 0 spiro atoms. The van der Waals surface area contributed by atoms with Crippen LogP contribution in [-0.2, 0) is 15.8 Å². The molecular formula is C21H14Cl2F3N5O3. The van der Waals surface area contributed by atoms with Crippen molar-refractivity contribution in [2.75, 3.05) is 16.0 Å². The quantitative estimate of drug-likeness (QED) is 0.397. The van der Waals surface area contributed by atoms with Crippen molar-refractivity contribution in [1.29, 1.82) is 0 Å². The van der Waals surface area contributed by atoms with Crippen LogP contribution >= 0.6 is 23.2 Å². The van der Waals surface area contributed by atoms with Crippen molar-refractivity contribution in [1.82, 2.24) is 9.97 Å². The first-order chi connectivity index (χ1) is 16.0. The molecule has 1 aromatic heterocycles. The number of aromatic amines is 1.